The van der Waals surface area contributed by atoms with Crippen molar-refractivity contribution in [1.82, 2.24) is 5.32 Å². The predicted molar refractivity (Wildman–Crippen MR) is 87.5 cm³/mol. The maximum Gasteiger partial charge on any atom is 0.121 e. The van der Waals surface area contributed by atoms with Crippen LogP contribution in [0.25, 0.3) is 0 Å². The lowest BCUT2D eigenvalue weighted by molar-refractivity contribution is 0.0930. The van der Waals surface area contributed by atoms with Crippen molar-refractivity contribution in [2.24, 2.45) is 0 Å². The average molecular weight is 332 g/mol. The molecule has 2 rings (SSSR count). The molecule has 5 heteroatoms. The van der Waals surface area contributed by atoms with Crippen LogP contribution in [0.4, 0.5) is 0 Å². The van der Waals surface area contributed by atoms with E-state index in [1.807, 2.05) is 0 Å². The molecule has 0 radical (unpaired) electrons. The molecule has 21 heavy (non-hydrogen) atoms. The quantitative estimate of drug-likeness (QED) is 0.826. The highest BCUT2D eigenvalue weighted by Crippen LogP contribution is 2.28. The molecule has 0 heterocycles. The number of aliphatic hydroxyl groups is 1. The van der Waals surface area contributed by atoms with E-state index in [4.69, 9.17) is 27.9 Å². The molecule has 2 N–H and O–H groups in total. The van der Waals surface area contributed by atoms with E-state index in [0.717, 1.165) is 0 Å². The summed E-state index contributed by atoms with van der Waals surface area (Å²) in [4.78, 5) is 0. The molecule has 1 unspecified atom stereocenters. The van der Waals surface area contributed by atoms with Crippen LogP contribution in [0.1, 0.15) is 39.0 Å². The number of halogens is 2. The summed E-state index contributed by atoms with van der Waals surface area (Å²) in [6, 6.07) is 5.09. The van der Waals surface area contributed by atoms with Crippen LogP contribution in [0.2, 0.25) is 10.0 Å². The Balaban J connectivity index is 1.74. The lowest BCUT2D eigenvalue weighted by Crippen LogP contribution is -2.48. The minimum atomic E-state index is -0.543. The zero-order valence-corrected chi connectivity index (χ0v) is 13.9. The molecule has 1 saturated carbocycles. The van der Waals surface area contributed by atoms with Crippen molar-refractivity contribution in [3.8, 4) is 5.75 Å². The first-order valence-corrected chi connectivity index (χ1v) is 8.25. The summed E-state index contributed by atoms with van der Waals surface area (Å²) >= 11 is 11.8. The van der Waals surface area contributed by atoms with Crippen LogP contribution >= 0.6 is 23.2 Å². The maximum absolute atomic E-state index is 10.0. The normalized spacial score (nSPS) is 19.2. The first kappa shape index (κ1) is 16.9. The summed E-state index contributed by atoms with van der Waals surface area (Å²) in [5.41, 5.74) is 0.156. The van der Waals surface area contributed by atoms with E-state index >= 15 is 0 Å². The van der Waals surface area contributed by atoms with Crippen LogP contribution in [0.5, 0.6) is 5.75 Å². The summed E-state index contributed by atoms with van der Waals surface area (Å²) in [6.07, 6.45) is 5.65. The van der Waals surface area contributed by atoms with Crippen LogP contribution in [-0.2, 0) is 0 Å². The molecule has 1 atom stereocenters. The number of ether oxygens (including phenoxy) is 1. The summed E-state index contributed by atoms with van der Waals surface area (Å²) in [7, 11) is 0. The third kappa shape index (κ3) is 5.33. The predicted octanol–water partition coefficient (Wildman–Crippen LogP) is 4.05. The van der Waals surface area contributed by atoms with E-state index < -0.39 is 6.10 Å². The van der Waals surface area contributed by atoms with Gasteiger partial charge in [-0.15, -0.1) is 0 Å². The zero-order valence-electron chi connectivity index (χ0n) is 12.4. The average Bonchev–Trinajstić information content (AvgIpc) is 2.47. The third-order valence-corrected chi connectivity index (χ3v) is 4.79. The Kier molecular flexibility index (Phi) is 6.18. The molecule has 1 fully saturated rings. The molecule has 0 aromatic heterocycles. The number of hydrogen-bond donors (Lipinski definition) is 2. The fraction of sp³-hybridized carbons (Fsp3) is 0.625. The van der Waals surface area contributed by atoms with Gasteiger partial charge in [-0.05, 0) is 31.9 Å². The van der Waals surface area contributed by atoms with Crippen molar-refractivity contribution in [2.75, 3.05) is 13.2 Å². The number of hydrogen-bond acceptors (Lipinski definition) is 3. The van der Waals surface area contributed by atoms with E-state index in [2.05, 4.69) is 12.2 Å². The van der Waals surface area contributed by atoms with Gasteiger partial charge in [0.1, 0.15) is 18.5 Å². The van der Waals surface area contributed by atoms with E-state index in [1.165, 1.54) is 32.1 Å². The van der Waals surface area contributed by atoms with E-state index in [0.29, 0.717) is 22.3 Å². The fourth-order valence-corrected chi connectivity index (χ4v) is 2.98. The molecule has 0 bridgehead atoms. The highest BCUT2D eigenvalue weighted by atomic mass is 35.5. The van der Waals surface area contributed by atoms with E-state index in [-0.39, 0.29) is 12.1 Å². The topological polar surface area (TPSA) is 41.5 Å². The molecule has 3 nitrogen and oxygen atoms in total. The highest BCUT2D eigenvalue weighted by molar-refractivity contribution is 6.42. The second kappa shape index (κ2) is 7.68. The Bertz CT molecular complexity index is 462. The van der Waals surface area contributed by atoms with Crippen LogP contribution in [-0.4, -0.2) is 29.9 Å². The van der Waals surface area contributed by atoms with Crippen molar-refractivity contribution in [1.29, 1.82) is 0 Å². The first-order chi connectivity index (χ1) is 9.98. The summed E-state index contributed by atoms with van der Waals surface area (Å²) in [6.45, 7) is 3.01. The van der Waals surface area contributed by atoms with Crippen molar-refractivity contribution < 1.29 is 9.84 Å². The number of β-amino-alcohol motifs (C(OH)–C–C–N with tert-alkyl or cyclic N) is 1. The summed E-state index contributed by atoms with van der Waals surface area (Å²) in [5, 5.41) is 14.5. The molecule has 118 valence electrons. The SMILES string of the molecule is CC1(NCC(O)COc2ccc(Cl)c(Cl)c2)CCCCC1. The Morgan fingerprint density at radius 2 is 1.95 bits per heavy atom. The Hall–Kier alpha value is -0.480. The molecule has 1 aliphatic carbocycles. The van der Waals surface area contributed by atoms with Gasteiger partial charge in [-0.3, -0.25) is 0 Å². The van der Waals surface area contributed by atoms with Gasteiger partial charge in [0.05, 0.1) is 10.0 Å². The Labute approximate surface area is 136 Å². The van der Waals surface area contributed by atoms with Crippen molar-refractivity contribution in [3.63, 3.8) is 0 Å². The number of rotatable bonds is 6. The number of benzene rings is 1. The van der Waals surface area contributed by atoms with Gasteiger partial charge >= 0.3 is 0 Å². The largest absolute Gasteiger partial charge is 0.491 e. The molecule has 1 aromatic rings. The molecule has 0 aliphatic heterocycles. The van der Waals surface area contributed by atoms with Crippen molar-refractivity contribution in [3.05, 3.63) is 28.2 Å². The van der Waals surface area contributed by atoms with Crippen LogP contribution in [0, 0.1) is 0 Å². The van der Waals surface area contributed by atoms with Crippen LogP contribution in [0.3, 0.4) is 0 Å². The van der Waals surface area contributed by atoms with Gasteiger partial charge in [0.25, 0.3) is 0 Å². The molecule has 0 spiro atoms. The lowest BCUT2D eigenvalue weighted by atomic mass is 9.83. The molecular formula is C16H23Cl2NO2. The summed E-state index contributed by atoms with van der Waals surface area (Å²) in [5.74, 6) is 0.618. The van der Waals surface area contributed by atoms with Gasteiger partial charge in [-0.2, -0.15) is 0 Å². The Morgan fingerprint density at radius 1 is 1.24 bits per heavy atom. The van der Waals surface area contributed by atoms with Gasteiger partial charge < -0.3 is 15.2 Å². The number of nitrogens with one attached hydrogen (secondary N) is 1. The first-order valence-electron chi connectivity index (χ1n) is 7.49. The zero-order chi connectivity index (χ0) is 15.3. The van der Waals surface area contributed by atoms with Gasteiger partial charge in [0.2, 0.25) is 0 Å². The van der Waals surface area contributed by atoms with Gasteiger partial charge in [-0.25, -0.2) is 0 Å². The monoisotopic (exact) mass is 331 g/mol. The fourth-order valence-electron chi connectivity index (χ4n) is 2.69. The van der Waals surface area contributed by atoms with Crippen LogP contribution in [0.15, 0.2) is 18.2 Å². The lowest BCUT2D eigenvalue weighted by Gasteiger charge is -2.35. The highest BCUT2D eigenvalue weighted by Gasteiger charge is 2.26. The molecule has 1 aliphatic rings. The second-order valence-electron chi connectivity index (χ2n) is 6.04. The van der Waals surface area contributed by atoms with E-state index in [9.17, 15) is 5.11 Å². The second-order valence-corrected chi connectivity index (χ2v) is 6.86. The van der Waals surface area contributed by atoms with E-state index in [1.54, 1.807) is 18.2 Å². The van der Waals surface area contributed by atoms with Crippen LogP contribution < -0.4 is 10.1 Å². The van der Waals surface area contributed by atoms with Gasteiger partial charge in [-0.1, -0.05) is 42.5 Å². The Morgan fingerprint density at radius 3 is 2.62 bits per heavy atom. The molecular weight excluding hydrogens is 309 g/mol. The smallest absolute Gasteiger partial charge is 0.121 e. The molecule has 1 aromatic carbocycles. The standard InChI is InChI=1S/C16H23Cl2NO2/c1-16(7-3-2-4-8-16)19-10-12(20)11-21-13-5-6-14(17)15(18)9-13/h5-6,9,12,19-20H,2-4,7-8,10-11H2,1H3. The summed E-state index contributed by atoms with van der Waals surface area (Å²) < 4.78 is 5.54. The minimum Gasteiger partial charge on any atom is -0.491 e. The number of aliphatic hydroxyl groups excluding tert-OH is 1. The minimum absolute atomic E-state index is 0.156. The molecule has 0 amide bonds. The van der Waals surface area contributed by atoms with Gasteiger partial charge in [0.15, 0.2) is 0 Å². The van der Waals surface area contributed by atoms with Crippen molar-refractivity contribution in [2.45, 2.75) is 50.7 Å². The van der Waals surface area contributed by atoms with Gasteiger partial charge in [0, 0.05) is 18.2 Å². The molecule has 0 saturated heterocycles. The van der Waals surface area contributed by atoms with Crippen molar-refractivity contribution >= 4 is 23.2 Å². The third-order valence-electron chi connectivity index (χ3n) is 4.06. The maximum atomic E-state index is 10.0.